The summed E-state index contributed by atoms with van der Waals surface area (Å²) in [6.07, 6.45) is 1.59. The first kappa shape index (κ1) is 26.0. The van der Waals surface area contributed by atoms with Crippen molar-refractivity contribution in [1.29, 1.82) is 0 Å². The molecule has 0 aliphatic heterocycles. The molecule has 2 aromatic heterocycles. The van der Waals surface area contributed by atoms with Gasteiger partial charge >= 0.3 is 5.97 Å². The van der Waals surface area contributed by atoms with Gasteiger partial charge in [0.2, 0.25) is 0 Å². The van der Waals surface area contributed by atoms with E-state index in [1.807, 2.05) is 47.0 Å². The van der Waals surface area contributed by atoms with Crippen LogP contribution < -0.4 is 0 Å². The molecule has 190 valence electrons. The number of nitrogens with zero attached hydrogens (tertiary/aromatic N) is 2. The summed E-state index contributed by atoms with van der Waals surface area (Å²) in [6.45, 7) is 4.15. The summed E-state index contributed by atoms with van der Waals surface area (Å²) in [5.41, 5.74) is 5.95. The molecule has 0 aliphatic carbocycles. The zero-order valence-corrected chi connectivity index (χ0v) is 21.0. The van der Waals surface area contributed by atoms with Gasteiger partial charge in [-0.2, -0.15) is 5.10 Å². The highest BCUT2D eigenvalue weighted by atomic mass is 19.1. The van der Waals surface area contributed by atoms with Crippen molar-refractivity contribution in [3.63, 3.8) is 0 Å². The normalized spacial score (nSPS) is 12.4. The molecule has 0 saturated heterocycles. The maximum absolute atomic E-state index is 13.8. The Kier molecular flexibility index (Phi) is 7.94. The van der Waals surface area contributed by atoms with E-state index >= 15 is 0 Å². The zero-order chi connectivity index (χ0) is 26.5. The highest BCUT2D eigenvalue weighted by Gasteiger charge is 2.21. The molecule has 0 aliphatic rings. The highest BCUT2D eigenvalue weighted by molar-refractivity contribution is 5.95. The first-order valence-corrected chi connectivity index (χ1v) is 12.1. The Balaban J connectivity index is 1.85. The lowest BCUT2D eigenvalue weighted by Gasteiger charge is -2.18. The number of ether oxygens (including phenoxy) is 1. The molecule has 2 heterocycles. The summed E-state index contributed by atoms with van der Waals surface area (Å²) in [7, 11) is 1.21. The van der Waals surface area contributed by atoms with Crippen LogP contribution in [-0.4, -0.2) is 39.7 Å². The molecule has 4 aromatic rings. The van der Waals surface area contributed by atoms with Crippen molar-refractivity contribution in [2.24, 2.45) is 0 Å². The molecule has 0 bridgehead atoms. The second-order valence-corrected chi connectivity index (χ2v) is 9.14. The standard InChI is InChI=1S/C30H29FN2O4/c1-19(2)29-25(14-13-23(34)17-24(35)18-28(36)37-3)30(21-9-11-22(31)12-10-21)32-33-26(15-16-27(29)33)20-7-5-4-6-8-20/h4-16,19,23,34H,17-18H2,1-3H3/b14-13+. The van der Waals surface area contributed by atoms with E-state index in [0.29, 0.717) is 11.3 Å². The molecule has 6 nitrogen and oxygen atoms in total. The van der Waals surface area contributed by atoms with Crippen molar-refractivity contribution in [3.8, 4) is 22.5 Å². The number of aliphatic hydroxyl groups is 1. The molecule has 0 amide bonds. The lowest BCUT2D eigenvalue weighted by atomic mass is 9.93. The minimum absolute atomic E-state index is 0.0842. The summed E-state index contributed by atoms with van der Waals surface area (Å²) >= 11 is 0. The van der Waals surface area contributed by atoms with Crippen LogP contribution in [0.5, 0.6) is 0 Å². The van der Waals surface area contributed by atoms with Crippen LogP contribution in [0.1, 0.15) is 43.7 Å². The van der Waals surface area contributed by atoms with Crippen molar-refractivity contribution < 1.29 is 23.8 Å². The van der Waals surface area contributed by atoms with Crippen LogP contribution in [0.15, 0.2) is 72.8 Å². The van der Waals surface area contributed by atoms with Gasteiger partial charge in [0.25, 0.3) is 0 Å². The quantitative estimate of drug-likeness (QED) is 0.231. The first-order chi connectivity index (χ1) is 17.8. The molecule has 4 rings (SSSR count). The number of methoxy groups -OCH3 is 1. The average Bonchev–Trinajstić information content (AvgIpc) is 3.30. The number of aromatic nitrogens is 2. The van der Waals surface area contributed by atoms with Crippen molar-refractivity contribution in [2.75, 3.05) is 7.11 Å². The Morgan fingerprint density at radius 2 is 1.73 bits per heavy atom. The Labute approximate surface area is 215 Å². The number of carbonyl (C=O) groups is 2. The van der Waals surface area contributed by atoms with E-state index in [0.717, 1.165) is 27.9 Å². The lowest BCUT2D eigenvalue weighted by molar-refractivity contribution is -0.143. The third-order valence-electron chi connectivity index (χ3n) is 6.13. The fraction of sp³-hybridized carbons (Fsp3) is 0.233. The minimum Gasteiger partial charge on any atom is -0.469 e. The molecule has 0 radical (unpaired) electrons. The average molecular weight is 501 g/mol. The Hall–Kier alpha value is -4.10. The van der Waals surface area contributed by atoms with Gasteiger partial charge in [0.15, 0.2) is 0 Å². The molecule has 0 fully saturated rings. The number of hydrogen-bond acceptors (Lipinski definition) is 5. The fourth-order valence-electron chi connectivity index (χ4n) is 4.40. The summed E-state index contributed by atoms with van der Waals surface area (Å²) < 4.78 is 20.2. The van der Waals surface area contributed by atoms with E-state index in [4.69, 9.17) is 5.10 Å². The number of fused-ring (bicyclic) bond motifs is 1. The number of carbonyl (C=O) groups excluding carboxylic acids is 2. The van der Waals surface area contributed by atoms with Crippen LogP contribution in [0.2, 0.25) is 0 Å². The van der Waals surface area contributed by atoms with Gasteiger partial charge in [0.05, 0.1) is 30.1 Å². The smallest absolute Gasteiger partial charge is 0.313 e. The number of Topliss-reactive ketones (excluding diaryl/α,β-unsaturated/α-hetero) is 1. The van der Waals surface area contributed by atoms with Gasteiger partial charge in [-0.15, -0.1) is 0 Å². The summed E-state index contributed by atoms with van der Waals surface area (Å²) in [5, 5.41) is 15.5. The van der Waals surface area contributed by atoms with Crippen LogP contribution in [0.25, 0.3) is 34.1 Å². The zero-order valence-electron chi connectivity index (χ0n) is 21.0. The van der Waals surface area contributed by atoms with Crippen LogP contribution >= 0.6 is 0 Å². The minimum atomic E-state index is -1.10. The van der Waals surface area contributed by atoms with Crippen LogP contribution in [0.4, 0.5) is 4.39 Å². The Bertz CT molecular complexity index is 1440. The van der Waals surface area contributed by atoms with E-state index in [-0.39, 0.29) is 24.6 Å². The van der Waals surface area contributed by atoms with E-state index in [1.165, 1.54) is 25.3 Å². The first-order valence-electron chi connectivity index (χ1n) is 12.1. The number of esters is 1. The number of hydrogen-bond donors (Lipinski definition) is 1. The van der Waals surface area contributed by atoms with Gasteiger partial charge in [0.1, 0.15) is 18.0 Å². The topological polar surface area (TPSA) is 80.9 Å². The SMILES string of the molecule is COC(=O)CC(=O)CC(O)/C=C/c1c(-c2ccc(F)cc2)nn2c(-c3ccccc3)ccc2c1C(C)C. The van der Waals surface area contributed by atoms with Gasteiger partial charge in [-0.25, -0.2) is 8.91 Å². The van der Waals surface area contributed by atoms with Crippen molar-refractivity contribution in [2.45, 2.75) is 38.7 Å². The third kappa shape index (κ3) is 5.84. The second kappa shape index (κ2) is 11.3. The fourth-order valence-corrected chi connectivity index (χ4v) is 4.40. The molecule has 1 N–H and O–H groups in total. The third-order valence-corrected chi connectivity index (χ3v) is 6.13. The Morgan fingerprint density at radius 3 is 2.38 bits per heavy atom. The van der Waals surface area contributed by atoms with Gasteiger partial charge in [-0.05, 0) is 47.9 Å². The van der Waals surface area contributed by atoms with Crippen molar-refractivity contribution in [1.82, 2.24) is 9.61 Å². The Morgan fingerprint density at radius 1 is 1.03 bits per heavy atom. The largest absolute Gasteiger partial charge is 0.469 e. The second-order valence-electron chi connectivity index (χ2n) is 9.14. The molecular formula is C30H29FN2O4. The number of aliphatic hydroxyl groups excluding tert-OH is 1. The highest BCUT2D eigenvalue weighted by Crippen LogP contribution is 2.35. The molecule has 7 heteroatoms. The summed E-state index contributed by atoms with van der Waals surface area (Å²) in [5.74, 6) is -1.32. The van der Waals surface area contributed by atoms with Crippen molar-refractivity contribution in [3.05, 3.63) is 89.8 Å². The van der Waals surface area contributed by atoms with Gasteiger partial charge < -0.3 is 9.84 Å². The number of benzene rings is 2. The monoisotopic (exact) mass is 500 g/mol. The van der Waals surface area contributed by atoms with Gasteiger partial charge in [0, 0.05) is 23.1 Å². The number of halogens is 1. The van der Waals surface area contributed by atoms with Gasteiger partial charge in [-0.1, -0.05) is 56.3 Å². The number of rotatable bonds is 9. The van der Waals surface area contributed by atoms with Crippen molar-refractivity contribution >= 4 is 23.3 Å². The van der Waals surface area contributed by atoms with Crippen LogP contribution in [0, 0.1) is 5.82 Å². The lowest BCUT2D eigenvalue weighted by Crippen LogP contribution is -2.15. The molecule has 1 unspecified atom stereocenters. The molecular weight excluding hydrogens is 471 g/mol. The van der Waals surface area contributed by atoms with E-state index in [2.05, 4.69) is 18.6 Å². The molecule has 0 saturated carbocycles. The van der Waals surface area contributed by atoms with E-state index in [9.17, 15) is 19.1 Å². The van der Waals surface area contributed by atoms with Crippen LogP contribution in [-0.2, 0) is 14.3 Å². The predicted molar refractivity (Wildman–Crippen MR) is 141 cm³/mol. The van der Waals surface area contributed by atoms with E-state index in [1.54, 1.807) is 18.2 Å². The summed E-state index contributed by atoms with van der Waals surface area (Å²) in [4.78, 5) is 23.5. The maximum atomic E-state index is 13.8. The van der Waals surface area contributed by atoms with Gasteiger partial charge in [-0.3, -0.25) is 9.59 Å². The number of ketones is 1. The van der Waals surface area contributed by atoms with E-state index < -0.39 is 17.9 Å². The molecule has 1 atom stereocenters. The summed E-state index contributed by atoms with van der Waals surface area (Å²) in [6, 6.07) is 20.1. The molecule has 37 heavy (non-hydrogen) atoms. The molecule has 2 aromatic carbocycles. The molecule has 0 spiro atoms. The predicted octanol–water partition coefficient (Wildman–Crippen LogP) is 5.83. The van der Waals surface area contributed by atoms with Crippen LogP contribution in [0.3, 0.4) is 0 Å². The maximum Gasteiger partial charge on any atom is 0.313 e.